The highest BCUT2D eigenvalue weighted by atomic mass is 16.5. The molecule has 1 aromatic carbocycles. The number of aromatic nitrogens is 1. The Hall–Kier alpha value is -2.56. The van der Waals surface area contributed by atoms with E-state index in [9.17, 15) is 0 Å². The minimum Gasteiger partial charge on any atom is -0.493 e. The number of rotatable bonds is 4. The summed E-state index contributed by atoms with van der Waals surface area (Å²) in [6.07, 6.45) is 1.72. The van der Waals surface area contributed by atoms with Crippen LogP contribution in [-0.2, 0) is 0 Å². The number of hydrogen-bond acceptors (Lipinski definition) is 4. The maximum absolute atomic E-state index is 7.37. The second-order valence-electron chi connectivity index (χ2n) is 4.05. The van der Waals surface area contributed by atoms with Gasteiger partial charge in [0.25, 0.3) is 0 Å². The summed E-state index contributed by atoms with van der Waals surface area (Å²) in [6.45, 7) is 0. The fourth-order valence-electron chi connectivity index (χ4n) is 1.78. The van der Waals surface area contributed by atoms with E-state index in [-0.39, 0.29) is 5.84 Å². The number of nitrogens with zero attached hydrogens (tertiary/aromatic N) is 2. The first kappa shape index (κ1) is 12.9. The smallest absolute Gasteiger partial charge is 0.175 e. The van der Waals surface area contributed by atoms with Gasteiger partial charge in [-0.3, -0.25) is 5.41 Å². The van der Waals surface area contributed by atoms with Gasteiger partial charge in [0.1, 0.15) is 5.84 Å². The molecule has 0 unspecified atom stereocenters. The van der Waals surface area contributed by atoms with Gasteiger partial charge >= 0.3 is 0 Å². The number of benzene rings is 1. The molecule has 0 bridgehead atoms. The van der Waals surface area contributed by atoms with Crippen LogP contribution in [0, 0.1) is 5.41 Å². The lowest BCUT2D eigenvalue weighted by atomic mass is 10.2. The molecule has 2 rings (SSSR count). The molecule has 0 spiro atoms. The van der Waals surface area contributed by atoms with Crippen LogP contribution in [0.2, 0.25) is 0 Å². The van der Waals surface area contributed by atoms with Crippen LogP contribution in [0.3, 0.4) is 0 Å². The van der Waals surface area contributed by atoms with E-state index in [0.29, 0.717) is 11.3 Å². The molecule has 0 fully saturated rings. The Bertz CT molecular complexity index is 580. The molecule has 1 heterocycles. The Kier molecular flexibility index (Phi) is 3.66. The highest BCUT2D eigenvalue weighted by molar-refractivity contribution is 5.95. The van der Waals surface area contributed by atoms with Crippen molar-refractivity contribution in [3.63, 3.8) is 0 Å². The zero-order valence-electron chi connectivity index (χ0n) is 10.9. The number of nitrogens with one attached hydrogen (secondary N) is 1. The highest BCUT2D eigenvalue weighted by Gasteiger charge is 2.11. The van der Waals surface area contributed by atoms with Gasteiger partial charge in [0.2, 0.25) is 0 Å². The molecule has 0 atom stereocenters. The summed E-state index contributed by atoms with van der Waals surface area (Å²) in [5, 5.41) is 7.37. The molecule has 0 saturated carbocycles. The van der Waals surface area contributed by atoms with Crippen LogP contribution in [-0.4, -0.2) is 25.0 Å². The quantitative estimate of drug-likeness (QED) is 0.649. The van der Waals surface area contributed by atoms with E-state index in [1.807, 2.05) is 48.3 Å². The lowest BCUT2D eigenvalue weighted by molar-refractivity contribution is 0.414. The molecule has 2 aromatic rings. The number of methoxy groups -OCH3 is 1. The Morgan fingerprint density at radius 3 is 2.53 bits per heavy atom. The van der Waals surface area contributed by atoms with Gasteiger partial charge in [-0.25, -0.2) is 4.98 Å². The number of pyridine rings is 1. The zero-order valence-corrected chi connectivity index (χ0v) is 10.9. The van der Waals surface area contributed by atoms with Gasteiger partial charge in [-0.15, -0.1) is 0 Å². The van der Waals surface area contributed by atoms with E-state index in [1.165, 1.54) is 0 Å². The number of hydrogen-bond donors (Lipinski definition) is 2. The molecule has 0 aliphatic heterocycles. The van der Waals surface area contributed by atoms with Crippen molar-refractivity contribution in [1.82, 2.24) is 4.98 Å². The summed E-state index contributed by atoms with van der Waals surface area (Å²) in [5.74, 6) is 1.51. The molecule has 3 N–H and O–H groups in total. The Morgan fingerprint density at radius 1 is 1.26 bits per heavy atom. The first-order chi connectivity index (χ1) is 9.13. The maximum atomic E-state index is 7.37. The molecule has 0 aliphatic carbocycles. The van der Waals surface area contributed by atoms with Crippen molar-refractivity contribution in [3.8, 4) is 5.75 Å². The SMILES string of the molecule is COc1cccnc1N(C)c1ccc(C(=N)N)cc1. The van der Waals surface area contributed by atoms with Crippen molar-refractivity contribution in [2.75, 3.05) is 19.1 Å². The first-order valence-electron chi connectivity index (χ1n) is 5.80. The molecule has 0 radical (unpaired) electrons. The molecular formula is C14H16N4O. The number of nitrogens with two attached hydrogens (primary N) is 1. The average Bonchev–Trinajstić information content (AvgIpc) is 2.46. The standard InChI is InChI=1S/C14H16N4O/c1-18(14-12(19-2)4-3-9-17-14)11-7-5-10(6-8-11)13(15)16/h3-9H,1-2H3,(H3,15,16). The molecule has 5 heteroatoms. The van der Waals surface area contributed by atoms with Crippen molar-refractivity contribution in [2.24, 2.45) is 5.73 Å². The maximum Gasteiger partial charge on any atom is 0.175 e. The Balaban J connectivity index is 2.33. The van der Waals surface area contributed by atoms with Gasteiger partial charge in [0.15, 0.2) is 11.6 Å². The lowest BCUT2D eigenvalue weighted by Crippen LogP contribution is -2.14. The summed E-state index contributed by atoms with van der Waals surface area (Å²) in [4.78, 5) is 6.24. The summed E-state index contributed by atoms with van der Waals surface area (Å²) in [7, 11) is 3.53. The van der Waals surface area contributed by atoms with Gasteiger partial charge in [-0.1, -0.05) is 0 Å². The van der Waals surface area contributed by atoms with E-state index in [4.69, 9.17) is 15.9 Å². The molecule has 0 saturated heterocycles. The summed E-state index contributed by atoms with van der Waals surface area (Å²) in [5.41, 5.74) is 7.08. The third-order valence-electron chi connectivity index (χ3n) is 2.85. The van der Waals surface area contributed by atoms with E-state index in [1.54, 1.807) is 13.3 Å². The number of ether oxygens (including phenoxy) is 1. The van der Waals surface area contributed by atoms with Crippen LogP contribution in [0.25, 0.3) is 0 Å². The topological polar surface area (TPSA) is 75.2 Å². The number of nitrogen functional groups attached to an aromatic ring is 1. The molecule has 5 nitrogen and oxygen atoms in total. The summed E-state index contributed by atoms with van der Waals surface area (Å²) >= 11 is 0. The summed E-state index contributed by atoms with van der Waals surface area (Å²) < 4.78 is 5.29. The molecular weight excluding hydrogens is 240 g/mol. The molecule has 19 heavy (non-hydrogen) atoms. The lowest BCUT2D eigenvalue weighted by Gasteiger charge is -2.20. The third kappa shape index (κ3) is 2.65. The number of anilines is 2. The van der Waals surface area contributed by atoms with Crippen LogP contribution < -0.4 is 15.4 Å². The monoisotopic (exact) mass is 256 g/mol. The second kappa shape index (κ2) is 5.39. The minimum atomic E-state index is 0.0598. The van der Waals surface area contributed by atoms with E-state index in [0.717, 1.165) is 11.5 Å². The average molecular weight is 256 g/mol. The molecule has 0 amide bonds. The van der Waals surface area contributed by atoms with Crippen molar-refractivity contribution in [2.45, 2.75) is 0 Å². The summed E-state index contributed by atoms with van der Waals surface area (Å²) in [6, 6.07) is 11.1. The van der Waals surface area contributed by atoms with Crippen molar-refractivity contribution in [3.05, 3.63) is 48.2 Å². The van der Waals surface area contributed by atoms with E-state index in [2.05, 4.69) is 4.98 Å². The largest absolute Gasteiger partial charge is 0.493 e. The van der Waals surface area contributed by atoms with Gasteiger partial charge in [-0.2, -0.15) is 0 Å². The van der Waals surface area contributed by atoms with Gasteiger partial charge in [0.05, 0.1) is 7.11 Å². The Morgan fingerprint density at radius 2 is 1.95 bits per heavy atom. The van der Waals surface area contributed by atoms with Crippen molar-refractivity contribution < 1.29 is 4.74 Å². The van der Waals surface area contributed by atoms with Gasteiger partial charge in [-0.05, 0) is 36.4 Å². The van der Waals surface area contributed by atoms with E-state index < -0.39 is 0 Å². The minimum absolute atomic E-state index is 0.0598. The predicted molar refractivity (Wildman–Crippen MR) is 76.3 cm³/mol. The van der Waals surface area contributed by atoms with Crippen molar-refractivity contribution >= 4 is 17.3 Å². The van der Waals surface area contributed by atoms with Gasteiger partial charge < -0.3 is 15.4 Å². The van der Waals surface area contributed by atoms with Crippen molar-refractivity contribution in [1.29, 1.82) is 5.41 Å². The molecule has 1 aromatic heterocycles. The van der Waals surface area contributed by atoms with Crippen LogP contribution in [0.1, 0.15) is 5.56 Å². The molecule has 0 aliphatic rings. The fraction of sp³-hybridized carbons (Fsp3) is 0.143. The number of amidine groups is 1. The van der Waals surface area contributed by atoms with Crippen LogP contribution >= 0.6 is 0 Å². The second-order valence-corrected chi connectivity index (χ2v) is 4.05. The van der Waals surface area contributed by atoms with Crippen LogP contribution in [0.4, 0.5) is 11.5 Å². The first-order valence-corrected chi connectivity index (χ1v) is 5.80. The molecule has 98 valence electrons. The van der Waals surface area contributed by atoms with E-state index >= 15 is 0 Å². The van der Waals surface area contributed by atoms with Crippen LogP contribution in [0.15, 0.2) is 42.6 Å². The zero-order chi connectivity index (χ0) is 13.8. The van der Waals surface area contributed by atoms with Gasteiger partial charge in [0, 0.05) is 24.5 Å². The normalized spacial score (nSPS) is 10.0. The fourth-order valence-corrected chi connectivity index (χ4v) is 1.78. The highest BCUT2D eigenvalue weighted by Crippen LogP contribution is 2.29. The van der Waals surface area contributed by atoms with Crippen LogP contribution in [0.5, 0.6) is 5.75 Å². The third-order valence-corrected chi connectivity index (χ3v) is 2.85. The Labute approximate surface area is 112 Å². The predicted octanol–water partition coefficient (Wildman–Crippen LogP) is 2.14.